The molecule has 1 atom stereocenters. The minimum Gasteiger partial charge on any atom is -0.493 e. The van der Waals surface area contributed by atoms with Gasteiger partial charge in [0.15, 0.2) is 11.5 Å². The summed E-state index contributed by atoms with van der Waals surface area (Å²) in [6, 6.07) is 8.61. The zero-order chi connectivity index (χ0) is 16.1. The van der Waals surface area contributed by atoms with Gasteiger partial charge in [0.05, 0.1) is 20.0 Å². The molecule has 4 heteroatoms. The molecule has 124 valence electrons. The number of furan rings is 1. The molecule has 1 aliphatic carbocycles. The summed E-state index contributed by atoms with van der Waals surface area (Å²) >= 11 is 0. The second kappa shape index (κ2) is 7.55. The molecular formula is C19H25NO3. The van der Waals surface area contributed by atoms with E-state index in [2.05, 4.69) is 30.4 Å². The fraction of sp³-hybridized carbons (Fsp3) is 0.474. The highest BCUT2D eigenvalue weighted by atomic mass is 16.5. The van der Waals surface area contributed by atoms with Crippen molar-refractivity contribution in [1.29, 1.82) is 0 Å². The highest BCUT2D eigenvalue weighted by Gasteiger charge is 2.22. The quantitative estimate of drug-likeness (QED) is 0.830. The van der Waals surface area contributed by atoms with E-state index in [4.69, 9.17) is 13.9 Å². The summed E-state index contributed by atoms with van der Waals surface area (Å²) in [6.07, 6.45) is 6.17. The zero-order valence-corrected chi connectivity index (χ0v) is 13.9. The van der Waals surface area contributed by atoms with Gasteiger partial charge in [-0.1, -0.05) is 13.0 Å². The molecule has 0 bridgehead atoms. The van der Waals surface area contributed by atoms with Gasteiger partial charge in [0, 0.05) is 24.6 Å². The van der Waals surface area contributed by atoms with Gasteiger partial charge in [-0.15, -0.1) is 0 Å². The van der Waals surface area contributed by atoms with E-state index in [9.17, 15) is 0 Å². The summed E-state index contributed by atoms with van der Waals surface area (Å²) in [5, 5.41) is 3.64. The van der Waals surface area contributed by atoms with Gasteiger partial charge in [-0.05, 0) is 43.0 Å². The monoisotopic (exact) mass is 315 g/mol. The van der Waals surface area contributed by atoms with Crippen LogP contribution in [-0.4, -0.2) is 13.7 Å². The van der Waals surface area contributed by atoms with Gasteiger partial charge < -0.3 is 19.2 Å². The number of benzene rings is 1. The largest absolute Gasteiger partial charge is 0.493 e. The van der Waals surface area contributed by atoms with Crippen LogP contribution in [-0.2, 0) is 13.0 Å². The first kappa shape index (κ1) is 15.9. The molecule has 1 aromatic heterocycles. The predicted molar refractivity (Wildman–Crippen MR) is 90.0 cm³/mol. The summed E-state index contributed by atoms with van der Waals surface area (Å²) in [5.74, 6) is 2.74. The number of hydrogen-bond donors (Lipinski definition) is 1. The molecule has 3 rings (SSSR count). The van der Waals surface area contributed by atoms with Crippen molar-refractivity contribution >= 4 is 0 Å². The molecule has 0 saturated heterocycles. The van der Waals surface area contributed by atoms with Crippen LogP contribution in [0.3, 0.4) is 0 Å². The van der Waals surface area contributed by atoms with Crippen molar-refractivity contribution < 1.29 is 13.9 Å². The number of ether oxygens (including phenoxy) is 2. The van der Waals surface area contributed by atoms with Gasteiger partial charge in [0.25, 0.3) is 0 Å². The second-order valence-electron chi connectivity index (χ2n) is 5.96. The van der Waals surface area contributed by atoms with Gasteiger partial charge in [0.2, 0.25) is 0 Å². The van der Waals surface area contributed by atoms with E-state index in [1.54, 1.807) is 13.4 Å². The number of aryl methyl sites for hydroxylation is 1. The lowest BCUT2D eigenvalue weighted by molar-refractivity contribution is 0.294. The van der Waals surface area contributed by atoms with E-state index in [0.29, 0.717) is 12.6 Å². The molecular weight excluding hydrogens is 290 g/mol. The van der Waals surface area contributed by atoms with Gasteiger partial charge in [-0.25, -0.2) is 0 Å². The van der Waals surface area contributed by atoms with Crippen LogP contribution in [0, 0.1) is 0 Å². The van der Waals surface area contributed by atoms with Crippen molar-refractivity contribution in [3.63, 3.8) is 0 Å². The first-order valence-electron chi connectivity index (χ1n) is 8.41. The maximum atomic E-state index is 5.70. The Hall–Kier alpha value is -1.94. The molecule has 2 aromatic rings. The summed E-state index contributed by atoms with van der Waals surface area (Å²) in [7, 11) is 1.68. The van der Waals surface area contributed by atoms with Gasteiger partial charge >= 0.3 is 0 Å². The lowest BCUT2D eigenvalue weighted by atomic mass is 9.93. The molecule has 1 heterocycles. The molecule has 0 saturated carbocycles. The highest BCUT2D eigenvalue weighted by molar-refractivity contribution is 5.43. The average molecular weight is 315 g/mol. The van der Waals surface area contributed by atoms with Gasteiger partial charge in [-0.3, -0.25) is 0 Å². The van der Waals surface area contributed by atoms with E-state index in [0.717, 1.165) is 43.1 Å². The SMILES string of the molecule is CCCOc1ccc(CNC2CCCc3occc32)cc1OC. The summed E-state index contributed by atoms with van der Waals surface area (Å²) in [4.78, 5) is 0. The molecule has 1 N–H and O–H groups in total. The molecule has 1 aromatic carbocycles. The summed E-state index contributed by atoms with van der Waals surface area (Å²) in [6.45, 7) is 3.61. The van der Waals surface area contributed by atoms with Crippen molar-refractivity contribution in [2.45, 2.75) is 45.2 Å². The van der Waals surface area contributed by atoms with Crippen LogP contribution in [0.2, 0.25) is 0 Å². The molecule has 0 spiro atoms. The number of nitrogens with one attached hydrogen (secondary N) is 1. The van der Waals surface area contributed by atoms with Crippen LogP contribution >= 0.6 is 0 Å². The zero-order valence-electron chi connectivity index (χ0n) is 13.9. The Morgan fingerprint density at radius 1 is 1.26 bits per heavy atom. The number of rotatable bonds is 7. The molecule has 0 amide bonds. The Morgan fingerprint density at radius 3 is 3.00 bits per heavy atom. The van der Waals surface area contributed by atoms with Crippen molar-refractivity contribution in [2.24, 2.45) is 0 Å². The maximum Gasteiger partial charge on any atom is 0.161 e. The second-order valence-corrected chi connectivity index (χ2v) is 5.96. The third-order valence-corrected chi connectivity index (χ3v) is 4.29. The third kappa shape index (κ3) is 3.70. The van der Waals surface area contributed by atoms with E-state index in [1.807, 2.05) is 6.07 Å². The minimum absolute atomic E-state index is 0.375. The number of hydrogen-bond acceptors (Lipinski definition) is 4. The molecule has 23 heavy (non-hydrogen) atoms. The average Bonchev–Trinajstić information content (AvgIpc) is 3.07. The highest BCUT2D eigenvalue weighted by Crippen LogP contribution is 2.32. The van der Waals surface area contributed by atoms with Crippen LogP contribution in [0.5, 0.6) is 11.5 Å². The number of methoxy groups -OCH3 is 1. The van der Waals surface area contributed by atoms with Crippen LogP contribution in [0.1, 0.15) is 49.1 Å². The molecule has 4 nitrogen and oxygen atoms in total. The van der Waals surface area contributed by atoms with E-state index < -0.39 is 0 Å². The Kier molecular flexibility index (Phi) is 5.23. The molecule has 1 unspecified atom stereocenters. The van der Waals surface area contributed by atoms with Crippen LogP contribution in [0.25, 0.3) is 0 Å². The van der Waals surface area contributed by atoms with Crippen molar-refractivity contribution in [1.82, 2.24) is 5.32 Å². The molecule has 0 aliphatic heterocycles. The smallest absolute Gasteiger partial charge is 0.161 e. The standard InChI is InChI=1S/C19H25NO3/c1-3-10-22-18-8-7-14(12-19(18)21-2)13-20-16-5-4-6-17-15(16)9-11-23-17/h7-9,11-12,16,20H,3-6,10,13H2,1-2H3. The Bertz CT molecular complexity index is 635. The maximum absolute atomic E-state index is 5.70. The van der Waals surface area contributed by atoms with Gasteiger partial charge in [0.1, 0.15) is 5.76 Å². The normalized spacial score (nSPS) is 16.9. The van der Waals surface area contributed by atoms with E-state index >= 15 is 0 Å². The summed E-state index contributed by atoms with van der Waals surface area (Å²) < 4.78 is 16.7. The molecule has 1 aliphatic rings. The predicted octanol–water partition coefficient (Wildman–Crippen LogP) is 4.24. The summed E-state index contributed by atoms with van der Waals surface area (Å²) in [5.41, 5.74) is 2.51. The minimum atomic E-state index is 0.375. The first-order chi connectivity index (χ1) is 11.3. The van der Waals surface area contributed by atoms with E-state index in [-0.39, 0.29) is 0 Å². The topological polar surface area (TPSA) is 43.6 Å². The fourth-order valence-corrected chi connectivity index (χ4v) is 3.09. The fourth-order valence-electron chi connectivity index (χ4n) is 3.09. The van der Waals surface area contributed by atoms with Crippen molar-refractivity contribution in [3.05, 3.63) is 47.4 Å². The Labute approximate surface area is 137 Å². The molecule has 0 fully saturated rings. The lowest BCUT2D eigenvalue weighted by Crippen LogP contribution is -2.24. The third-order valence-electron chi connectivity index (χ3n) is 4.29. The molecule has 0 radical (unpaired) electrons. The van der Waals surface area contributed by atoms with Crippen LogP contribution in [0.15, 0.2) is 34.9 Å². The lowest BCUT2D eigenvalue weighted by Gasteiger charge is -2.23. The van der Waals surface area contributed by atoms with Gasteiger partial charge in [-0.2, -0.15) is 0 Å². The van der Waals surface area contributed by atoms with Crippen LogP contribution in [0.4, 0.5) is 0 Å². The van der Waals surface area contributed by atoms with Crippen molar-refractivity contribution in [3.8, 4) is 11.5 Å². The van der Waals surface area contributed by atoms with Crippen molar-refractivity contribution in [2.75, 3.05) is 13.7 Å². The first-order valence-corrected chi connectivity index (χ1v) is 8.41. The number of fused-ring (bicyclic) bond motifs is 1. The Balaban J connectivity index is 1.65. The van der Waals surface area contributed by atoms with E-state index in [1.165, 1.54) is 17.5 Å². The van der Waals surface area contributed by atoms with Crippen LogP contribution < -0.4 is 14.8 Å². The Morgan fingerprint density at radius 2 is 2.17 bits per heavy atom.